The van der Waals surface area contributed by atoms with E-state index in [2.05, 4.69) is 17.2 Å². The topological polar surface area (TPSA) is 41.5 Å². The summed E-state index contributed by atoms with van der Waals surface area (Å²) in [5.41, 5.74) is 0. The van der Waals surface area contributed by atoms with Crippen molar-refractivity contribution >= 4 is 11.7 Å². The summed E-state index contributed by atoms with van der Waals surface area (Å²) in [4.78, 5) is 15.0. The number of amides is 1. The Balaban J connectivity index is 2.11. The fraction of sp³-hybridized carbons (Fsp3) is 0.600. The average molecular weight is 180 g/mol. The summed E-state index contributed by atoms with van der Waals surface area (Å²) in [6.07, 6.45) is 8.08. The molecule has 0 spiro atoms. The molecule has 0 atom stereocenters. The molecule has 0 aromatic rings. The molecule has 3 heteroatoms. The van der Waals surface area contributed by atoms with Crippen LogP contribution in [0.25, 0.3) is 0 Å². The molecular formula is C10H16N2O. The molecule has 0 saturated heterocycles. The Kier molecular flexibility index (Phi) is 4.23. The summed E-state index contributed by atoms with van der Waals surface area (Å²) < 4.78 is 0. The van der Waals surface area contributed by atoms with Gasteiger partial charge in [0.05, 0.1) is 0 Å². The monoisotopic (exact) mass is 180 g/mol. The lowest BCUT2D eigenvalue weighted by molar-refractivity contribution is -0.114. The smallest absolute Gasteiger partial charge is 0.249 e. The Morgan fingerprint density at radius 2 is 2.15 bits per heavy atom. The lowest BCUT2D eigenvalue weighted by atomic mass is 10.2. The van der Waals surface area contributed by atoms with Crippen LogP contribution in [-0.4, -0.2) is 18.3 Å². The molecule has 72 valence electrons. The SMILES string of the molecule is CCCCCCN=C1C=CC(=O)N1. The molecule has 0 bridgehead atoms. The summed E-state index contributed by atoms with van der Waals surface area (Å²) >= 11 is 0. The second-order valence-corrected chi connectivity index (χ2v) is 3.15. The molecule has 1 heterocycles. The van der Waals surface area contributed by atoms with Crippen LogP contribution in [0.2, 0.25) is 0 Å². The van der Waals surface area contributed by atoms with E-state index in [9.17, 15) is 4.79 Å². The van der Waals surface area contributed by atoms with Crippen LogP contribution in [0.3, 0.4) is 0 Å². The maximum atomic E-state index is 10.7. The van der Waals surface area contributed by atoms with Crippen LogP contribution in [0, 0.1) is 0 Å². The molecule has 1 amide bonds. The van der Waals surface area contributed by atoms with Crippen molar-refractivity contribution in [3.8, 4) is 0 Å². The minimum Gasteiger partial charge on any atom is -0.307 e. The van der Waals surface area contributed by atoms with Crippen molar-refractivity contribution < 1.29 is 4.79 Å². The van der Waals surface area contributed by atoms with Gasteiger partial charge in [0.25, 0.3) is 0 Å². The normalized spacial score (nSPS) is 18.2. The highest BCUT2D eigenvalue weighted by atomic mass is 16.1. The van der Waals surface area contributed by atoms with Crippen LogP contribution in [0.1, 0.15) is 32.6 Å². The van der Waals surface area contributed by atoms with Crippen molar-refractivity contribution in [1.29, 1.82) is 0 Å². The third-order valence-corrected chi connectivity index (χ3v) is 1.94. The standard InChI is InChI=1S/C10H16N2O/c1-2-3-4-5-8-11-9-6-7-10(13)12-9/h6-7H,2-5,8H2,1H3,(H,11,12,13). The molecular weight excluding hydrogens is 164 g/mol. The van der Waals surface area contributed by atoms with Crippen LogP contribution in [-0.2, 0) is 4.79 Å². The number of carbonyl (C=O) groups is 1. The highest BCUT2D eigenvalue weighted by molar-refractivity contribution is 6.15. The Morgan fingerprint density at radius 1 is 1.31 bits per heavy atom. The zero-order valence-electron chi connectivity index (χ0n) is 8.05. The number of aliphatic imine (C=N–C) groups is 1. The van der Waals surface area contributed by atoms with Crippen molar-refractivity contribution in [2.75, 3.05) is 6.54 Å². The predicted molar refractivity (Wildman–Crippen MR) is 53.7 cm³/mol. The first-order valence-electron chi connectivity index (χ1n) is 4.86. The van der Waals surface area contributed by atoms with Crippen molar-refractivity contribution in [2.45, 2.75) is 32.6 Å². The fourth-order valence-corrected chi connectivity index (χ4v) is 1.19. The van der Waals surface area contributed by atoms with Crippen LogP contribution in [0.4, 0.5) is 0 Å². The van der Waals surface area contributed by atoms with Gasteiger partial charge < -0.3 is 5.32 Å². The van der Waals surface area contributed by atoms with Gasteiger partial charge in [0, 0.05) is 12.6 Å². The molecule has 1 aliphatic rings. The predicted octanol–water partition coefficient (Wildman–Crippen LogP) is 1.65. The molecule has 1 aliphatic heterocycles. The van der Waals surface area contributed by atoms with E-state index in [1.54, 1.807) is 6.08 Å². The number of rotatable bonds is 5. The molecule has 0 aromatic carbocycles. The number of hydrogen-bond acceptors (Lipinski definition) is 2. The molecule has 1 rings (SSSR count). The zero-order valence-corrected chi connectivity index (χ0v) is 8.05. The van der Waals surface area contributed by atoms with E-state index in [0.29, 0.717) is 5.84 Å². The largest absolute Gasteiger partial charge is 0.307 e. The summed E-state index contributed by atoms with van der Waals surface area (Å²) in [6.45, 7) is 3.01. The Hall–Kier alpha value is -1.12. The van der Waals surface area contributed by atoms with Crippen molar-refractivity contribution in [3.63, 3.8) is 0 Å². The maximum Gasteiger partial charge on any atom is 0.249 e. The van der Waals surface area contributed by atoms with Gasteiger partial charge in [0.2, 0.25) is 5.91 Å². The van der Waals surface area contributed by atoms with Gasteiger partial charge in [-0.05, 0) is 12.5 Å². The summed E-state index contributed by atoms with van der Waals surface area (Å²) in [7, 11) is 0. The average Bonchev–Trinajstić information content (AvgIpc) is 2.51. The second-order valence-electron chi connectivity index (χ2n) is 3.15. The highest BCUT2D eigenvalue weighted by Crippen LogP contribution is 1.99. The minimum atomic E-state index is -0.0627. The van der Waals surface area contributed by atoms with E-state index in [1.807, 2.05) is 0 Å². The van der Waals surface area contributed by atoms with Crippen LogP contribution < -0.4 is 5.32 Å². The molecule has 0 radical (unpaired) electrons. The van der Waals surface area contributed by atoms with Crippen molar-refractivity contribution in [2.24, 2.45) is 4.99 Å². The van der Waals surface area contributed by atoms with Crippen molar-refractivity contribution in [3.05, 3.63) is 12.2 Å². The van der Waals surface area contributed by atoms with Gasteiger partial charge in [-0.1, -0.05) is 26.2 Å². The number of nitrogens with zero attached hydrogens (tertiary/aromatic N) is 1. The second kappa shape index (κ2) is 5.51. The molecule has 0 unspecified atom stereocenters. The van der Waals surface area contributed by atoms with E-state index in [-0.39, 0.29) is 5.91 Å². The van der Waals surface area contributed by atoms with Crippen LogP contribution >= 0.6 is 0 Å². The quantitative estimate of drug-likeness (QED) is 0.642. The molecule has 0 aliphatic carbocycles. The van der Waals surface area contributed by atoms with E-state index in [0.717, 1.165) is 13.0 Å². The van der Waals surface area contributed by atoms with Gasteiger partial charge >= 0.3 is 0 Å². The number of amidine groups is 1. The van der Waals surface area contributed by atoms with Gasteiger partial charge in [-0.2, -0.15) is 0 Å². The van der Waals surface area contributed by atoms with Gasteiger partial charge in [0.1, 0.15) is 5.84 Å². The first-order chi connectivity index (χ1) is 6.33. The van der Waals surface area contributed by atoms with Gasteiger partial charge in [-0.15, -0.1) is 0 Å². The fourth-order valence-electron chi connectivity index (χ4n) is 1.19. The zero-order chi connectivity index (χ0) is 9.52. The minimum absolute atomic E-state index is 0.0627. The third kappa shape index (κ3) is 3.87. The third-order valence-electron chi connectivity index (χ3n) is 1.94. The number of unbranched alkanes of at least 4 members (excludes halogenated alkanes) is 3. The molecule has 0 aromatic heterocycles. The number of nitrogens with one attached hydrogen (secondary N) is 1. The summed E-state index contributed by atoms with van der Waals surface area (Å²) in [6, 6.07) is 0. The Labute approximate surface area is 78.9 Å². The summed E-state index contributed by atoms with van der Waals surface area (Å²) in [5.74, 6) is 0.647. The molecule has 3 nitrogen and oxygen atoms in total. The van der Waals surface area contributed by atoms with Gasteiger partial charge in [-0.25, -0.2) is 0 Å². The molecule has 0 saturated carbocycles. The Morgan fingerprint density at radius 3 is 2.77 bits per heavy atom. The first kappa shape index (κ1) is 9.96. The van der Waals surface area contributed by atoms with E-state index in [1.165, 1.54) is 25.3 Å². The lowest BCUT2D eigenvalue weighted by Crippen LogP contribution is -2.21. The highest BCUT2D eigenvalue weighted by Gasteiger charge is 2.06. The van der Waals surface area contributed by atoms with Crippen LogP contribution in [0.15, 0.2) is 17.1 Å². The number of hydrogen-bond donors (Lipinski definition) is 1. The molecule has 0 fully saturated rings. The van der Waals surface area contributed by atoms with Crippen molar-refractivity contribution in [1.82, 2.24) is 5.32 Å². The molecule has 13 heavy (non-hydrogen) atoms. The van der Waals surface area contributed by atoms with Crippen LogP contribution in [0.5, 0.6) is 0 Å². The van der Waals surface area contributed by atoms with E-state index in [4.69, 9.17) is 0 Å². The number of carbonyl (C=O) groups excluding carboxylic acids is 1. The molecule has 1 N–H and O–H groups in total. The maximum absolute atomic E-state index is 10.7. The first-order valence-corrected chi connectivity index (χ1v) is 4.86. The van der Waals surface area contributed by atoms with Gasteiger partial charge in [0.15, 0.2) is 0 Å². The Bertz CT molecular complexity index is 231. The van der Waals surface area contributed by atoms with Gasteiger partial charge in [-0.3, -0.25) is 9.79 Å². The van der Waals surface area contributed by atoms with E-state index >= 15 is 0 Å². The lowest BCUT2D eigenvalue weighted by Gasteiger charge is -1.97. The van der Waals surface area contributed by atoms with E-state index < -0.39 is 0 Å². The summed E-state index contributed by atoms with van der Waals surface area (Å²) in [5, 5.41) is 2.64.